The molecule has 39 heavy (non-hydrogen) atoms. The Morgan fingerprint density at radius 2 is 1.51 bits per heavy atom. The largest absolute Gasteiger partial charge is 0.497 e. The lowest BCUT2D eigenvalue weighted by atomic mass is 10.0. The maximum atomic E-state index is 14.9. The average Bonchev–Trinajstić information content (AvgIpc) is 3.59. The molecule has 2 aromatic heterocycles. The molecule has 0 aliphatic carbocycles. The number of anilines is 1. The first-order valence-corrected chi connectivity index (χ1v) is 12.9. The predicted octanol–water partition coefficient (Wildman–Crippen LogP) is 6.99. The molecule has 1 N–H and O–H groups in total. The lowest BCUT2D eigenvalue weighted by Gasteiger charge is -2.29. The number of hydrogen-bond donors (Lipinski definition) is 1. The Morgan fingerprint density at radius 1 is 0.821 bits per heavy atom. The van der Waals surface area contributed by atoms with Crippen LogP contribution in [0.3, 0.4) is 0 Å². The Kier molecular flexibility index (Phi) is 6.69. The van der Waals surface area contributed by atoms with Crippen molar-refractivity contribution >= 4 is 23.0 Å². The molecule has 0 saturated carbocycles. The second-order valence-electron chi connectivity index (χ2n) is 9.02. The van der Waals surface area contributed by atoms with Crippen LogP contribution < -0.4 is 19.7 Å². The molecular weight excluding hydrogens is 511 g/mol. The highest BCUT2D eigenvalue weighted by molar-refractivity contribution is 7.80. The molecular formula is C31H25FN4O2S. The summed E-state index contributed by atoms with van der Waals surface area (Å²) in [5, 5.41) is 4.02. The van der Waals surface area contributed by atoms with E-state index in [-0.39, 0.29) is 17.9 Å². The number of ether oxygens (including phenoxy) is 2. The van der Waals surface area contributed by atoms with Crippen molar-refractivity contribution in [3.63, 3.8) is 0 Å². The number of halogens is 1. The van der Waals surface area contributed by atoms with Crippen LogP contribution in [0.1, 0.15) is 23.5 Å². The van der Waals surface area contributed by atoms with Gasteiger partial charge in [0.15, 0.2) is 5.11 Å². The van der Waals surface area contributed by atoms with Gasteiger partial charge in [0.1, 0.15) is 29.1 Å². The summed E-state index contributed by atoms with van der Waals surface area (Å²) in [5.41, 5.74) is 3.06. The molecule has 1 fully saturated rings. The fourth-order valence-electron chi connectivity index (χ4n) is 4.89. The molecule has 2 unspecified atom stereocenters. The van der Waals surface area contributed by atoms with Crippen LogP contribution in [0, 0.1) is 5.82 Å². The minimum absolute atomic E-state index is 0.255. The van der Waals surface area contributed by atoms with Gasteiger partial charge in [-0.15, -0.1) is 0 Å². The van der Waals surface area contributed by atoms with Crippen molar-refractivity contribution in [2.24, 2.45) is 0 Å². The highest BCUT2D eigenvalue weighted by Gasteiger charge is 2.42. The van der Waals surface area contributed by atoms with Crippen LogP contribution in [0.4, 0.5) is 10.1 Å². The van der Waals surface area contributed by atoms with Crippen molar-refractivity contribution in [3.05, 3.63) is 133 Å². The van der Waals surface area contributed by atoms with Crippen molar-refractivity contribution in [2.45, 2.75) is 12.1 Å². The molecule has 1 saturated heterocycles. The maximum Gasteiger partial charge on any atom is 0.174 e. The first-order valence-electron chi connectivity index (χ1n) is 12.5. The quantitative estimate of drug-likeness (QED) is 0.226. The molecule has 1 aliphatic rings. The van der Waals surface area contributed by atoms with Crippen molar-refractivity contribution in [2.75, 3.05) is 12.0 Å². The van der Waals surface area contributed by atoms with E-state index in [0.717, 1.165) is 22.8 Å². The minimum Gasteiger partial charge on any atom is -0.497 e. The van der Waals surface area contributed by atoms with E-state index in [1.54, 1.807) is 25.4 Å². The molecule has 194 valence electrons. The number of hydrogen-bond acceptors (Lipinski definition) is 4. The van der Waals surface area contributed by atoms with E-state index in [2.05, 4.69) is 15.2 Å². The SMILES string of the molecule is COc1ccc(Oc2ccc(N3C(=S)NC(c4ccccn4)C3c3cccn3-c3ccccc3F)cc2)cc1. The third kappa shape index (κ3) is 4.82. The molecule has 8 heteroatoms. The van der Waals surface area contributed by atoms with Crippen LogP contribution >= 0.6 is 12.2 Å². The number of rotatable bonds is 7. The lowest BCUT2D eigenvalue weighted by molar-refractivity contribution is 0.413. The molecule has 1 aliphatic heterocycles. The molecule has 6 nitrogen and oxygen atoms in total. The zero-order valence-corrected chi connectivity index (χ0v) is 21.9. The first-order chi connectivity index (χ1) is 19.1. The number of para-hydroxylation sites is 1. The maximum absolute atomic E-state index is 14.9. The number of methoxy groups -OCH3 is 1. The van der Waals surface area contributed by atoms with Gasteiger partial charge in [-0.05, 0) is 97.1 Å². The molecule has 2 atom stereocenters. The van der Waals surface area contributed by atoms with E-state index in [0.29, 0.717) is 22.3 Å². The van der Waals surface area contributed by atoms with Crippen LogP contribution in [-0.2, 0) is 0 Å². The van der Waals surface area contributed by atoms with Crippen LogP contribution in [0.2, 0.25) is 0 Å². The van der Waals surface area contributed by atoms with E-state index < -0.39 is 0 Å². The van der Waals surface area contributed by atoms with Gasteiger partial charge in [0.2, 0.25) is 0 Å². The van der Waals surface area contributed by atoms with Gasteiger partial charge in [0, 0.05) is 23.8 Å². The summed E-state index contributed by atoms with van der Waals surface area (Å²) in [6.07, 6.45) is 3.63. The summed E-state index contributed by atoms with van der Waals surface area (Å²) < 4.78 is 28.0. The Labute approximate surface area is 231 Å². The Hall–Kier alpha value is -4.69. The molecule has 3 aromatic carbocycles. The first kappa shape index (κ1) is 24.6. The van der Waals surface area contributed by atoms with Crippen molar-refractivity contribution in [3.8, 4) is 22.9 Å². The predicted molar refractivity (Wildman–Crippen MR) is 153 cm³/mol. The van der Waals surface area contributed by atoms with Gasteiger partial charge in [-0.25, -0.2) is 4.39 Å². The van der Waals surface area contributed by atoms with Crippen LogP contribution in [0.25, 0.3) is 5.69 Å². The number of thiocarbonyl (C=S) groups is 1. The highest BCUT2D eigenvalue weighted by atomic mass is 32.1. The number of aromatic nitrogens is 2. The van der Waals surface area contributed by atoms with E-state index in [4.69, 9.17) is 21.7 Å². The normalized spacial score (nSPS) is 16.7. The Morgan fingerprint density at radius 3 is 2.21 bits per heavy atom. The van der Waals surface area contributed by atoms with Crippen molar-refractivity contribution in [1.29, 1.82) is 0 Å². The fourth-order valence-corrected chi connectivity index (χ4v) is 5.24. The highest BCUT2D eigenvalue weighted by Crippen LogP contribution is 2.42. The summed E-state index contributed by atoms with van der Waals surface area (Å²) in [6, 6.07) is 31.1. The number of nitrogens with zero attached hydrogens (tertiary/aromatic N) is 3. The standard InChI is InChI=1S/C31H25FN4O2S/c1-37-22-15-17-24(18-16-22)38-23-13-11-21(12-14-23)36-30(29(34-31(36)39)26-8-4-5-19-33-26)28-10-6-20-35(28)27-9-3-2-7-25(27)32/h2-20,29-30H,1H3,(H,34,39). The van der Waals surface area contributed by atoms with Crippen molar-refractivity contribution < 1.29 is 13.9 Å². The molecule has 3 heterocycles. The molecule has 5 aromatic rings. The fraction of sp³-hybridized carbons (Fsp3) is 0.0968. The summed E-state index contributed by atoms with van der Waals surface area (Å²) >= 11 is 5.86. The van der Waals surface area contributed by atoms with Gasteiger partial charge in [-0.3, -0.25) is 4.98 Å². The van der Waals surface area contributed by atoms with Crippen LogP contribution in [-0.4, -0.2) is 21.8 Å². The van der Waals surface area contributed by atoms with Gasteiger partial charge in [-0.2, -0.15) is 0 Å². The molecule has 0 amide bonds. The van der Waals surface area contributed by atoms with Gasteiger partial charge < -0.3 is 24.3 Å². The zero-order chi connectivity index (χ0) is 26.8. The Bertz CT molecular complexity index is 1590. The second-order valence-corrected chi connectivity index (χ2v) is 9.41. The monoisotopic (exact) mass is 536 g/mol. The third-order valence-corrected chi connectivity index (χ3v) is 7.02. The number of pyridine rings is 1. The van der Waals surface area contributed by atoms with E-state index in [1.807, 2.05) is 95.7 Å². The van der Waals surface area contributed by atoms with E-state index in [1.165, 1.54) is 6.07 Å². The number of nitrogens with one attached hydrogen (secondary N) is 1. The van der Waals surface area contributed by atoms with Crippen molar-refractivity contribution in [1.82, 2.24) is 14.9 Å². The minimum atomic E-state index is -0.301. The molecule has 0 bridgehead atoms. The van der Waals surface area contributed by atoms with Gasteiger partial charge >= 0.3 is 0 Å². The summed E-state index contributed by atoms with van der Waals surface area (Å²) in [6.45, 7) is 0. The summed E-state index contributed by atoms with van der Waals surface area (Å²) in [4.78, 5) is 6.67. The van der Waals surface area contributed by atoms with Gasteiger partial charge in [-0.1, -0.05) is 18.2 Å². The Balaban J connectivity index is 1.37. The zero-order valence-electron chi connectivity index (χ0n) is 21.1. The molecule has 0 radical (unpaired) electrons. The third-order valence-electron chi connectivity index (χ3n) is 6.70. The number of benzene rings is 3. The van der Waals surface area contributed by atoms with Gasteiger partial charge in [0.25, 0.3) is 0 Å². The molecule has 0 spiro atoms. The second kappa shape index (κ2) is 10.6. The van der Waals surface area contributed by atoms with E-state index >= 15 is 0 Å². The smallest absolute Gasteiger partial charge is 0.174 e. The van der Waals surface area contributed by atoms with Crippen LogP contribution in [0.15, 0.2) is 116 Å². The lowest BCUT2D eigenvalue weighted by Crippen LogP contribution is -2.30. The topological polar surface area (TPSA) is 51.6 Å². The van der Waals surface area contributed by atoms with E-state index in [9.17, 15) is 4.39 Å². The average molecular weight is 537 g/mol. The molecule has 6 rings (SSSR count). The van der Waals surface area contributed by atoms with Gasteiger partial charge in [0.05, 0.1) is 24.5 Å². The summed E-state index contributed by atoms with van der Waals surface area (Å²) in [7, 11) is 1.63. The summed E-state index contributed by atoms with van der Waals surface area (Å²) in [5.74, 6) is 1.86. The van der Waals surface area contributed by atoms with Crippen LogP contribution in [0.5, 0.6) is 17.2 Å².